The van der Waals surface area contributed by atoms with Crippen molar-refractivity contribution in [2.45, 2.75) is 26.2 Å². The van der Waals surface area contributed by atoms with Gasteiger partial charge in [0.2, 0.25) is 0 Å². The minimum atomic E-state index is -1.04. The van der Waals surface area contributed by atoms with Crippen molar-refractivity contribution < 1.29 is 19.4 Å². The molecular formula is C20H22N2O4S. The van der Waals surface area contributed by atoms with Gasteiger partial charge in [-0.3, -0.25) is 10.1 Å². The fourth-order valence-electron chi connectivity index (χ4n) is 2.24. The van der Waals surface area contributed by atoms with Gasteiger partial charge in [-0.15, -0.1) is 0 Å². The molecule has 0 aliphatic carbocycles. The Kier molecular flexibility index (Phi) is 6.52. The van der Waals surface area contributed by atoms with Gasteiger partial charge in [0, 0.05) is 11.3 Å². The number of hydrogen-bond acceptors (Lipinski definition) is 4. The monoisotopic (exact) mass is 386 g/mol. The van der Waals surface area contributed by atoms with Crippen LogP contribution in [-0.4, -0.2) is 28.7 Å². The van der Waals surface area contributed by atoms with Gasteiger partial charge in [-0.05, 0) is 59.6 Å². The lowest BCUT2D eigenvalue weighted by atomic mass is 9.87. The van der Waals surface area contributed by atoms with E-state index in [0.29, 0.717) is 17.0 Å². The molecular weight excluding hydrogens is 364 g/mol. The summed E-state index contributed by atoms with van der Waals surface area (Å²) in [6.45, 7) is 5.92. The zero-order chi connectivity index (χ0) is 20.0. The predicted molar refractivity (Wildman–Crippen MR) is 108 cm³/mol. The van der Waals surface area contributed by atoms with Gasteiger partial charge in [0.25, 0.3) is 5.91 Å². The molecule has 0 aliphatic heterocycles. The van der Waals surface area contributed by atoms with E-state index in [2.05, 4.69) is 31.4 Å². The Balaban J connectivity index is 1.91. The van der Waals surface area contributed by atoms with Gasteiger partial charge in [-0.2, -0.15) is 0 Å². The molecule has 27 heavy (non-hydrogen) atoms. The Morgan fingerprint density at radius 3 is 2.15 bits per heavy atom. The summed E-state index contributed by atoms with van der Waals surface area (Å²) in [6.07, 6.45) is 0. The number of hydrogen-bond donors (Lipinski definition) is 3. The average Bonchev–Trinajstić information content (AvgIpc) is 2.60. The van der Waals surface area contributed by atoms with Gasteiger partial charge in [-0.25, -0.2) is 4.79 Å². The number of carbonyl (C=O) groups excluding carboxylic acids is 1. The number of nitrogens with one attached hydrogen (secondary N) is 2. The summed E-state index contributed by atoms with van der Waals surface area (Å²) in [4.78, 5) is 22.8. The van der Waals surface area contributed by atoms with Crippen molar-refractivity contribution in [3.8, 4) is 5.75 Å². The first-order valence-electron chi connectivity index (χ1n) is 8.33. The van der Waals surface area contributed by atoms with Crippen molar-refractivity contribution in [1.82, 2.24) is 5.32 Å². The first-order valence-corrected chi connectivity index (χ1v) is 8.73. The molecule has 142 valence electrons. The molecule has 0 atom stereocenters. The van der Waals surface area contributed by atoms with Crippen molar-refractivity contribution in [3.63, 3.8) is 0 Å². The molecule has 0 radical (unpaired) electrons. The lowest BCUT2D eigenvalue weighted by Crippen LogP contribution is -2.34. The van der Waals surface area contributed by atoms with Crippen LogP contribution in [0.1, 0.15) is 36.7 Å². The van der Waals surface area contributed by atoms with Gasteiger partial charge in [-0.1, -0.05) is 32.9 Å². The molecule has 0 bridgehead atoms. The number of anilines is 1. The SMILES string of the molecule is CC(C)(C)c1ccc(C(=O)NC(=S)Nc2ccc(OCC(=O)O)cc2)cc1. The lowest BCUT2D eigenvalue weighted by molar-refractivity contribution is -0.139. The van der Waals surface area contributed by atoms with Crippen LogP contribution in [0.4, 0.5) is 5.69 Å². The molecule has 0 aliphatic rings. The van der Waals surface area contributed by atoms with E-state index in [-0.39, 0.29) is 16.4 Å². The van der Waals surface area contributed by atoms with E-state index in [0.717, 1.165) is 5.56 Å². The maximum atomic E-state index is 12.3. The van der Waals surface area contributed by atoms with E-state index in [1.807, 2.05) is 12.1 Å². The number of aliphatic carboxylic acids is 1. The molecule has 3 N–H and O–H groups in total. The first-order chi connectivity index (χ1) is 12.6. The molecule has 0 fully saturated rings. The molecule has 0 unspecified atom stereocenters. The summed E-state index contributed by atoms with van der Waals surface area (Å²) < 4.78 is 5.05. The van der Waals surface area contributed by atoms with Gasteiger partial charge in [0.05, 0.1) is 0 Å². The van der Waals surface area contributed by atoms with Crippen molar-refractivity contribution in [2.75, 3.05) is 11.9 Å². The van der Waals surface area contributed by atoms with E-state index < -0.39 is 12.6 Å². The van der Waals surface area contributed by atoms with Crippen molar-refractivity contribution in [1.29, 1.82) is 0 Å². The lowest BCUT2D eigenvalue weighted by Gasteiger charge is -2.19. The molecule has 6 nitrogen and oxygen atoms in total. The number of benzene rings is 2. The van der Waals surface area contributed by atoms with E-state index in [1.165, 1.54) is 0 Å². The molecule has 1 amide bonds. The Hall–Kier alpha value is -2.93. The fraction of sp³-hybridized carbons (Fsp3) is 0.250. The summed E-state index contributed by atoms with van der Waals surface area (Å²) in [5.74, 6) is -0.914. The number of carboxylic acids is 1. The fourth-order valence-corrected chi connectivity index (χ4v) is 2.45. The minimum absolute atomic E-state index is 0.0200. The third kappa shape index (κ3) is 6.38. The molecule has 0 aromatic heterocycles. The number of rotatable bonds is 5. The Labute approximate surface area is 163 Å². The normalized spacial score (nSPS) is 10.8. The zero-order valence-electron chi connectivity index (χ0n) is 15.4. The van der Waals surface area contributed by atoms with E-state index in [1.54, 1.807) is 36.4 Å². The Morgan fingerprint density at radius 1 is 1.04 bits per heavy atom. The number of thiocarbonyl (C=S) groups is 1. The highest BCUT2D eigenvalue weighted by Crippen LogP contribution is 2.22. The standard InChI is InChI=1S/C20H22N2O4S/c1-20(2,3)14-6-4-13(5-7-14)18(25)22-19(27)21-15-8-10-16(11-9-15)26-12-17(23)24/h4-11H,12H2,1-3H3,(H,23,24)(H2,21,22,25,27). The number of amides is 1. The number of carbonyl (C=O) groups is 2. The number of carboxylic acid groups (broad SMARTS) is 1. The van der Waals surface area contributed by atoms with Crippen LogP contribution < -0.4 is 15.4 Å². The van der Waals surface area contributed by atoms with Crippen LogP contribution in [-0.2, 0) is 10.2 Å². The topological polar surface area (TPSA) is 87.7 Å². The van der Waals surface area contributed by atoms with Gasteiger partial charge >= 0.3 is 5.97 Å². The maximum absolute atomic E-state index is 12.3. The quantitative estimate of drug-likeness (QED) is 0.681. The Morgan fingerprint density at radius 2 is 1.63 bits per heavy atom. The third-order valence-corrected chi connectivity index (χ3v) is 3.92. The average molecular weight is 386 g/mol. The highest BCUT2D eigenvalue weighted by Gasteiger charge is 2.14. The van der Waals surface area contributed by atoms with Crippen molar-refractivity contribution >= 4 is 34.9 Å². The van der Waals surface area contributed by atoms with E-state index in [9.17, 15) is 9.59 Å². The highest BCUT2D eigenvalue weighted by molar-refractivity contribution is 7.80. The van der Waals surface area contributed by atoms with Crippen LogP contribution in [0.2, 0.25) is 0 Å². The van der Waals surface area contributed by atoms with Crippen LogP contribution in [0.15, 0.2) is 48.5 Å². The molecule has 7 heteroatoms. The second-order valence-electron chi connectivity index (χ2n) is 6.94. The van der Waals surface area contributed by atoms with Crippen molar-refractivity contribution in [2.24, 2.45) is 0 Å². The molecule has 0 saturated heterocycles. The van der Waals surface area contributed by atoms with Crippen LogP contribution in [0.3, 0.4) is 0 Å². The highest BCUT2D eigenvalue weighted by atomic mass is 32.1. The van der Waals surface area contributed by atoms with Gasteiger partial charge in [0.1, 0.15) is 5.75 Å². The molecule has 0 spiro atoms. The molecule has 2 rings (SSSR count). The minimum Gasteiger partial charge on any atom is -0.482 e. The van der Waals surface area contributed by atoms with Crippen LogP contribution in [0, 0.1) is 0 Å². The van der Waals surface area contributed by atoms with Gasteiger partial charge in [0.15, 0.2) is 11.7 Å². The largest absolute Gasteiger partial charge is 0.482 e. The molecule has 0 heterocycles. The second-order valence-corrected chi connectivity index (χ2v) is 7.35. The van der Waals surface area contributed by atoms with Crippen molar-refractivity contribution in [3.05, 3.63) is 59.7 Å². The maximum Gasteiger partial charge on any atom is 0.341 e. The zero-order valence-corrected chi connectivity index (χ0v) is 16.2. The summed E-state index contributed by atoms with van der Waals surface area (Å²) >= 11 is 5.16. The smallest absolute Gasteiger partial charge is 0.341 e. The summed E-state index contributed by atoms with van der Waals surface area (Å²) in [5, 5.41) is 14.3. The molecule has 2 aromatic rings. The van der Waals surface area contributed by atoms with Crippen LogP contribution in [0.5, 0.6) is 5.75 Å². The van der Waals surface area contributed by atoms with E-state index >= 15 is 0 Å². The van der Waals surface area contributed by atoms with E-state index in [4.69, 9.17) is 22.1 Å². The Bertz CT molecular complexity index is 825. The molecule has 0 saturated carbocycles. The summed E-state index contributed by atoms with van der Waals surface area (Å²) in [5.41, 5.74) is 2.33. The predicted octanol–water partition coefficient (Wildman–Crippen LogP) is 3.57. The second kappa shape index (κ2) is 8.64. The third-order valence-electron chi connectivity index (χ3n) is 3.71. The molecule has 2 aromatic carbocycles. The van der Waals surface area contributed by atoms with Gasteiger partial charge < -0.3 is 15.2 Å². The number of ether oxygens (including phenoxy) is 1. The summed E-state index contributed by atoms with van der Waals surface area (Å²) in [7, 11) is 0. The first kappa shape index (κ1) is 20.4. The van der Waals surface area contributed by atoms with Crippen LogP contribution >= 0.6 is 12.2 Å². The van der Waals surface area contributed by atoms with Crippen LogP contribution in [0.25, 0.3) is 0 Å². The summed E-state index contributed by atoms with van der Waals surface area (Å²) in [6, 6.07) is 14.0.